The molecule has 12 nitrogen and oxygen atoms in total. The van der Waals surface area contributed by atoms with E-state index in [4.69, 9.17) is 27.9 Å². The lowest BCUT2D eigenvalue weighted by Crippen LogP contribution is -2.41. The van der Waals surface area contributed by atoms with Crippen LogP contribution in [0.1, 0.15) is 38.1 Å². The van der Waals surface area contributed by atoms with Crippen molar-refractivity contribution in [1.82, 2.24) is 34.7 Å². The Balaban J connectivity index is 1.29. The number of hydrogen-bond acceptors (Lipinski definition) is 7. The highest BCUT2D eigenvalue weighted by atomic mass is 35.5. The zero-order chi connectivity index (χ0) is 37.3. The van der Waals surface area contributed by atoms with E-state index in [1.807, 2.05) is 36.4 Å². The molecule has 52 heavy (non-hydrogen) atoms. The van der Waals surface area contributed by atoms with Crippen LogP contribution in [-0.4, -0.2) is 73.1 Å². The number of pyridine rings is 1. The standard InChI is InChI=1S/C37H38Cl2FN7O5/c1-37(2,40)20-41-16-30-44-47-18-22(15-29(47)35(49)45(30)3)24-7-5-8-25(32(24)38)26-9-6-10-27(33(26)39)28-13-11-21(34(43-28)52-4)17-46(36(50)51)19-23-12-14-31(48)42-23/h5-11,13,15,18,23,41H,12,14,16-17,19-20H2,1-4H3,(H,42,48)(H,50,51). The van der Waals surface area contributed by atoms with E-state index in [0.717, 1.165) is 0 Å². The van der Waals surface area contributed by atoms with Crippen LogP contribution in [0.5, 0.6) is 5.88 Å². The minimum Gasteiger partial charge on any atom is -0.481 e. The first-order chi connectivity index (χ1) is 24.7. The van der Waals surface area contributed by atoms with E-state index in [-0.39, 0.29) is 49.6 Å². The second-order valence-electron chi connectivity index (χ2n) is 13.3. The van der Waals surface area contributed by atoms with Crippen molar-refractivity contribution in [3.8, 4) is 39.4 Å². The Hall–Kier alpha value is -4.98. The molecule has 6 rings (SSSR count). The lowest BCUT2D eigenvalue weighted by atomic mass is 9.97. The fourth-order valence-corrected chi connectivity index (χ4v) is 6.92. The van der Waals surface area contributed by atoms with E-state index in [2.05, 4.69) is 20.7 Å². The van der Waals surface area contributed by atoms with Crippen LogP contribution in [0.2, 0.25) is 10.0 Å². The fraction of sp³-hybridized carbons (Fsp3) is 0.324. The molecule has 0 bridgehead atoms. The Morgan fingerprint density at radius 2 is 1.77 bits per heavy atom. The monoisotopic (exact) mass is 749 g/mol. The van der Waals surface area contributed by atoms with Gasteiger partial charge >= 0.3 is 6.09 Å². The van der Waals surface area contributed by atoms with Gasteiger partial charge in [-0.1, -0.05) is 59.6 Å². The molecular weight excluding hydrogens is 712 g/mol. The van der Waals surface area contributed by atoms with Crippen LogP contribution in [0.3, 0.4) is 0 Å². The third-order valence-corrected chi connectivity index (χ3v) is 9.74. The van der Waals surface area contributed by atoms with Crippen molar-refractivity contribution < 1.29 is 23.8 Å². The van der Waals surface area contributed by atoms with Crippen LogP contribution < -0.4 is 20.9 Å². The summed E-state index contributed by atoms with van der Waals surface area (Å²) in [6.45, 7) is 3.42. The number of aromatic nitrogens is 4. The molecule has 15 heteroatoms. The number of amides is 2. The number of methoxy groups -OCH3 is 1. The van der Waals surface area contributed by atoms with E-state index in [9.17, 15) is 23.9 Å². The first-order valence-electron chi connectivity index (χ1n) is 16.6. The normalized spacial score (nSPS) is 14.5. The molecule has 0 spiro atoms. The van der Waals surface area contributed by atoms with Crippen LogP contribution in [0, 0.1) is 0 Å². The second-order valence-corrected chi connectivity index (χ2v) is 14.1. The highest BCUT2D eigenvalue weighted by molar-refractivity contribution is 6.39. The van der Waals surface area contributed by atoms with E-state index < -0.39 is 11.8 Å². The summed E-state index contributed by atoms with van der Waals surface area (Å²) >= 11 is 14.1. The van der Waals surface area contributed by atoms with E-state index in [0.29, 0.717) is 73.3 Å². The number of carboxylic acid groups (broad SMARTS) is 1. The van der Waals surface area contributed by atoms with Crippen molar-refractivity contribution in [2.45, 2.75) is 51.5 Å². The molecule has 1 atom stereocenters. The van der Waals surface area contributed by atoms with Gasteiger partial charge in [-0.25, -0.2) is 18.7 Å². The van der Waals surface area contributed by atoms with Gasteiger partial charge in [0.15, 0.2) is 0 Å². The summed E-state index contributed by atoms with van der Waals surface area (Å²) in [6, 6.07) is 16.0. The first kappa shape index (κ1) is 36.8. The predicted octanol–water partition coefficient (Wildman–Crippen LogP) is 6.34. The summed E-state index contributed by atoms with van der Waals surface area (Å²) in [5, 5.41) is 21.1. The number of carbonyl (C=O) groups is 2. The number of hydrogen-bond donors (Lipinski definition) is 3. The maximum atomic E-state index is 14.0. The molecule has 0 saturated carbocycles. The average Bonchev–Trinajstić information content (AvgIpc) is 3.72. The van der Waals surface area contributed by atoms with Crippen LogP contribution in [0.25, 0.3) is 39.0 Å². The predicted molar refractivity (Wildman–Crippen MR) is 198 cm³/mol. The number of alkyl halides is 1. The fourth-order valence-electron chi connectivity index (χ4n) is 6.26. The maximum Gasteiger partial charge on any atom is 0.407 e. The highest BCUT2D eigenvalue weighted by Crippen LogP contribution is 2.42. The molecule has 3 N–H and O–H groups in total. The molecule has 5 aromatic rings. The molecule has 4 heterocycles. The summed E-state index contributed by atoms with van der Waals surface area (Å²) in [4.78, 5) is 42.9. The van der Waals surface area contributed by atoms with Gasteiger partial charge in [-0.3, -0.25) is 14.2 Å². The molecule has 1 aliphatic rings. The molecule has 1 fully saturated rings. The molecule has 2 aromatic carbocycles. The van der Waals surface area contributed by atoms with Crippen molar-refractivity contribution in [2.24, 2.45) is 7.05 Å². The van der Waals surface area contributed by atoms with Gasteiger partial charge in [0.25, 0.3) is 5.56 Å². The Morgan fingerprint density at radius 1 is 1.10 bits per heavy atom. The molecule has 2 amide bonds. The maximum absolute atomic E-state index is 14.0. The van der Waals surface area contributed by atoms with Gasteiger partial charge in [-0.05, 0) is 38.5 Å². The lowest BCUT2D eigenvalue weighted by Gasteiger charge is -2.23. The largest absolute Gasteiger partial charge is 0.481 e. The van der Waals surface area contributed by atoms with Crippen LogP contribution in [0.4, 0.5) is 9.18 Å². The molecule has 0 radical (unpaired) electrons. The lowest BCUT2D eigenvalue weighted by molar-refractivity contribution is -0.119. The van der Waals surface area contributed by atoms with Crippen molar-refractivity contribution in [1.29, 1.82) is 0 Å². The number of benzene rings is 2. The summed E-state index contributed by atoms with van der Waals surface area (Å²) in [6.07, 6.45) is 1.55. The van der Waals surface area contributed by atoms with E-state index >= 15 is 0 Å². The van der Waals surface area contributed by atoms with Gasteiger partial charge in [0.2, 0.25) is 11.8 Å². The Bertz CT molecular complexity index is 2230. The topological polar surface area (TPSA) is 143 Å². The Kier molecular flexibility index (Phi) is 10.6. The summed E-state index contributed by atoms with van der Waals surface area (Å²) < 4.78 is 22.5. The minimum absolute atomic E-state index is 0.0145. The molecule has 1 saturated heterocycles. The van der Waals surface area contributed by atoms with Gasteiger partial charge < -0.3 is 25.4 Å². The van der Waals surface area contributed by atoms with Crippen molar-refractivity contribution in [2.75, 3.05) is 20.2 Å². The number of nitrogens with one attached hydrogen (secondary N) is 2. The average molecular weight is 751 g/mol. The zero-order valence-corrected chi connectivity index (χ0v) is 30.6. The first-order valence-corrected chi connectivity index (χ1v) is 17.4. The van der Waals surface area contributed by atoms with Gasteiger partial charge in [-0.15, -0.1) is 0 Å². The van der Waals surface area contributed by atoms with Crippen LogP contribution >= 0.6 is 23.2 Å². The van der Waals surface area contributed by atoms with Crippen molar-refractivity contribution in [3.63, 3.8) is 0 Å². The third kappa shape index (κ3) is 7.76. The molecule has 1 aliphatic heterocycles. The van der Waals surface area contributed by atoms with E-state index in [1.54, 1.807) is 31.4 Å². The number of ether oxygens (including phenoxy) is 1. The van der Waals surface area contributed by atoms with Crippen molar-refractivity contribution >= 4 is 40.7 Å². The highest BCUT2D eigenvalue weighted by Gasteiger charge is 2.27. The van der Waals surface area contributed by atoms with Gasteiger partial charge in [-0.2, -0.15) is 5.10 Å². The Morgan fingerprint density at radius 3 is 2.40 bits per heavy atom. The summed E-state index contributed by atoms with van der Waals surface area (Å²) in [7, 11) is 3.09. The van der Waals surface area contributed by atoms with Crippen molar-refractivity contribution in [3.05, 3.63) is 92.6 Å². The number of halogens is 3. The molecule has 1 unspecified atom stereocenters. The SMILES string of the molecule is COc1nc(-c2cccc(-c3cccc(-c4cc5c(=O)n(C)c(CNCC(C)(C)F)nn5c4)c3Cl)c2Cl)ccc1CN(CC1CCC(=O)N1)C(=O)O. The number of carbonyl (C=O) groups excluding carboxylic acids is 1. The third-order valence-electron chi connectivity index (χ3n) is 8.93. The molecular formula is C37H38Cl2FN7O5. The smallest absolute Gasteiger partial charge is 0.407 e. The van der Waals surface area contributed by atoms with Gasteiger partial charge in [0, 0.05) is 72.2 Å². The van der Waals surface area contributed by atoms with Crippen LogP contribution in [0.15, 0.2) is 65.6 Å². The number of fused-ring (bicyclic) bond motifs is 1. The van der Waals surface area contributed by atoms with Gasteiger partial charge in [0.05, 0.1) is 35.9 Å². The van der Waals surface area contributed by atoms with Crippen LogP contribution in [-0.2, 0) is 24.9 Å². The Labute approximate surface area is 309 Å². The number of rotatable bonds is 12. The second kappa shape index (κ2) is 14.9. The number of nitrogens with zero attached hydrogens (tertiary/aromatic N) is 5. The molecule has 272 valence electrons. The van der Waals surface area contributed by atoms with Gasteiger partial charge in [0.1, 0.15) is 17.0 Å². The minimum atomic E-state index is -1.41. The zero-order valence-electron chi connectivity index (χ0n) is 29.0. The molecule has 3 aromatic heterocycles. The van der Waals surface area contributed by atoms with E-state index in [1.165, 1.54) is 34.9 Å². The summed E-state index contributed by atoms with van der Waals surface area (Å²) in [5.41, 5.74) is 2.99. The molecule has 0 aliphatic carbocycles. The summed E-state index contributed by atoms with van der Waals surface area (Å²) in [5.74, 6) is 0.601. The quantitative estimate of drug-likeness (QED) is 0.134.